The largest absolute Gasteiger partial charge is 0.352 e. The van der Waals surface area contributed by atoms with E-state index >= 15 is 0 Å². The van der Waals surface area contributed by atoms with Crippen molar-refractivity contribution in [2.45, 2.75) is 25.7 Å². The molecule has 2 amide bonds. The van der Waals surface area contributed by atoms with E-state index in [1.807, 2.05) is 30.3 Å². The molecule has 0 heterocycles. The standard InChI is InChI=1S/C21H22ClFN2O3/c22-19-14-17(23)11-10-16(19)13-18(15-7-3-1-4-8-15)21(27)24-12-6-2-5-9-20(26)25-28/h1,3-4,7-8,10-11,13-14,28H,2,5-6,9,12H2,(H,24,27)(H,25,26)/b18-13+. The van der Waals surface area contributed by atoms with Crippen molar-refractivity contribution in [2.24, 2.45) is 0 Å². The molecule has 2 rings (SSSR count). The van der Waals surface area contributed by atoms with E-state index in [1.54, 1.807) is 11.6 Å². The summed E-state index contributed by atoms with van der Waals surface area (Å²) in [5, 5.41) is 11.5. The van der Waals surface area contributed by atoms with Gasteiger partial charge in [-0.2, -0.15) is 0 Å². The van der Waals surface area contributed by atoms with Crippen LogP contribution in [-0.4, -0.2) is 23.6 Å². The van der Waals surface area contributed by atoms with E-state index in [-0.39, 0.29) is 17.4 Å². The zero-order valence-corrected chi connectivity index (χ0v) is 16.0. The number of carbonyl (C=O) groups excluding carboxylic acids is 2. The molecule has 0 fully saturated rings. The van der Waals surface area contributed by atoms with E-state index in [0.29, 0.717) is 30.5 Å². The molecule has 0 spiro atoms. The first kappa shape index (κ1) is 21.6. The van der Waals surface area contributed by atoms with Crippen LogP contribution < -0.4 is 10.8 Å². The number of rotatable bonds is 9. The molecule has 148 valence electrons. The van der Waals surface area contributed by atoms with E-state index in [4.69, 9.17) is 16.8 Å². The van der Waals surface area contributed by atoms with Gasteiger partial charge in [-0.15, -0.1) is 0 Å². The van der Waals surface area contributed by atoms with Gasteiger partial charge >= 0.3 is 0 Å². The molecule has 2 aromatic carbocycles. The Balaban J connectivity index is 2.05. The van der Waals surface area contributed by atoms with Gasteiger partial charge in [0.2, 0.25) is 5.91 Å². The fourth-order valence-corrected chi connectivity index (χ4v) is 2.83. The number of unbranched alkanes of at least 4 members (excludes halogenated alkanes) is 2. The Morgan fingerprint density at radius 3 is 2.50 bits per heavy atom. The summed E-state index contributed by atoms with van der Waals surface area (Å²) >= 11 is 6.10. The van der Waals surface area contributed by atoms with Gasteiger partial charge in [0.05, 0.1) is 5.02 Å². The molecule has 0 atom stereocenters. The lowest BCUT2D eigenvalue weighted by Crippen LogP contribution is -2.25. The van der Waals surface area contributed by atoms with Crippen LogP contribution >= 0.6 is 11.6 Å². The SMILES string of the molecule is O=C(CCCCCNC(=O)/C(=C/c1ccc(F)cc1Cl)c1ccccc1)NO. The Labute approximate surface area is 168 Å². The molecule has 0 unspecified atom stereocenters. The highest BCUT2D eigenvalue weighted by Gasteiger charge is 2.13. The Morgan fingerprint density at radius 1 is 1.07 bits per heavy atom. The lowest BCUT2D eigenvalue weighted by molar-refractivity contribution is -0.129. The minimum absolute atomic E-state index is 0.225. The summed E-state index contributed by atoms with van der Waals surface area (Å²) < 4.78 is 13.3. The summed E-state index contributed by atoms with van der Waals surface area (Å²) in [6, 6.07) is 13.2. The maximum absolute atomic E-state index is 13.3. The summed E-state index contributed by atoms with van der Waals surface area (Å²) in [6.45, 7) is 0.445. The van der Waals surface area contributed by atoms with Crippen molar-refractivity contribution in [1.82, 2.24) is 10.8 Å². The maximum atomic E-state index is 13.3. The number of benzene rings is 2. The fraction of sp³-hybridized carbons (Fsp3) is 0.238. The lowest BCUT2D eigenvalue weighted by atomic mass is 10.0. The molecule has 5 nitrogen and oxygen atoms in total. The van der Waals surface area contributed by atoms with Crippen LogP contribution in [-0.2, 0) is 9.59 Å². The third-order valence-electron chi connectivity index (χ3n) is 4.08. The second-order valence-electron chi connectivity index (χ2n) is 6.19. The van der Waals surface area contributed by atoms with E-state index in [2.05, 4.69) is 5.32 Å². The van der Waals surface area contributed by atoms with Crippen LogP contribution in [0, 0.1) is 5.82 Å². The van der Waals surface area contributed by atoms with Crippen LogP contribution in [0.4, 0.5) is 4.39 Å². The zero-order chi connectivity index (χ0) is 20.4. The predicted octanol–water partition coefficient (Wildman–Crippen LogP) is 4.20. The summed E-state index contributed by atoms with van der Waals surface area (Å²) in [4.78, 5) is 23.7. The topological polar surface area (TPSA) is 78.4 Å². The Morgan fingerprint density at radius 2 is 1.82 bits per heavy atom. The van der Waals surface area contributed by atoms with Crippen LogP contribution in [0.25, 0.3) is 11.6 Å². The van der Waals surface area contributed by atoms with Gasteiger partial charge in [0, 0.05) is 18.5 Å². The number of carbonyl (C=O) groups is 2. The fourth-order valence-electron chi connectivity index (χ4n) is 2.61. The molecule has 0 bridgehead atoms. The molecule has 0 radical (unpaired) electrons. The van der Waals surface area contributed by atoms with E-state index in [1.165, 1.54) is 18.2 Å². The first-order chi connectivity index (χ1) is 13.5. The first-order valence-corrected chi connectivity index (χ1v) is 9.32. The Bertz CT molecular complexity index is 841. The van der Waals surface area contributed by atoms with Crippen LogP contribution in [0.1, 0.15) is 36.8 Å². The summed E-state index contributed by atoms with van der Waals surface area (Å²) in [5.74, 6) is -1.13. The molecule has 2 aromatic rings. The Hall–Kier alpha value is -2.70. The number of hydroxylamine groups is 1. The van der Waals surface area contributed by atoms with Gasteiger partial charge in [0.1, 0.15) is 5.82 Å². The van der Waals surface area contributed by atoms with Gasteiger partial charge < -0.3 is 5.32 Å². The average Bonchev–Trinajstić information content (AvgIpc) is 2.70. The number of amides is 2. The number of hydrogen-bond acceptors (Lipinski definition) is 3. The van der Waals surface area contributed by atoms with E-state index in [9.17, 15) is 14.0 Å². The van der Waals surface area contributed by atoms with Crippen molar-refractivity contribution in [3.8, 4) is 0 Å². The number of hydrogen-bond donors (Lipinski definition) is 3. The smallest absolute Gasteiger partial charge is 0.251 e. The van der Waals surface area contributed by atoms with Crippen molar-refractivity contribution in [3.63, 3.8) is 0 Å². The molecular weight excluding hydrogens is 383 g/mol. The predicted molar refractivity (Wildman–Crippen MR) is 107 cm³/mol. The quantitative estimate of drug-likeness (QED) is 0.193. The van der Waals surface area contributed by atoms with Gasteiger partial charge in [-0.1, -0.05) is 54.4 Å². The maximum Gasteiger partial charge on any atom is 0.251 e. The summed E-state index contributed by atoms with van der Waals surface area (Å²) in [7, 11) is 0. The molecule has 0 aliphatic heterocycles. The van der Waals surface area contributed by atoms with Crippen LogP contribution in [0.5, 0.6) is 0 Å². The van der Waals surface area contributed by atoms with Gasteiger partial charge in [0.25, 0.3) is 5.91 Å². The third kappa shape index (κ3) is 6.79. The minimum atomic E-state index is -0.442. The van der Waals surface area contributed by atoms with Crippen molar-refractivity contribution in [3.05, 3.63) is 70.5 Å². The van der Waals surface area contributed by atoms with Crippen molar-refractivity contribution in [2.75, 3.05) is 6.54 Å². The van der Waals surface area contributed by atoms with Crippen molar-refractivity contribution < 1.29 is 19.2 Å². The molecule has 0 saturated heterocycles. The molecule has 0 aliphatic carbocycles. The molecule has 0 aromatic heterocycles. The van der Waals surface area contributed by atoms with Gasteiger partial charge in [-0.05, 0) is 42.2 Å². The lowest BCUT2D eigenvalue weighted by Gasteiger charge is -2.10. The second kappa shape index (κ2) is 11.2. The average molecular weight is 405 g/mol. The first-order valence-electron chi connectivity index (χ1n) is 8.94. The van der Waals surface area contributed by atoms with Crippen molar-refractivity contribution in [1.29, 1.82) is 0 Å². The molecular formula is C21H22ClFN2O3. The molecule has 0 saturated carbocycles. The van der Waals surface area contributed by atoms with Gasteiger partial charge in [-0.3, -0.25) is 14.8 Å². The highest BCUT2D eigenvalue weighted by Crippen LogP contribution is 2.24. The monoisotopic (exact) mass is 404 g/mol. The summed E-state index contributed by atoms with van der Waals surface area (Å²) in [5.41, 5.74) is 3.28. The summed E-state index contributed by atoms with van der Waals surface area (Å²) in [6.07, 6.45) is 3.93. The van der Waals surface area contributed by atoms with Gasteiger partial charge in [0.15, 0.2) is 0 Å². The third-order valence-corrected chi connectivity index (χ3v) is 4.41. The van der Waals surface area contributed by atoms with Crippen molar-refractivity contribution >= 4 is 35.1 Å². The van der Waals surface area contributed by atoms with Crippen LogP contribution in [0.2, 0.25) is 5.02 Å². The highest BCUT2D eigenvalue weighted by atomic mass is 35.5. The molecule has 3 N–H and O–H groups in total. The molecule has 7 heteroatoms. The molecule has 0 aliphatic rings. The molecule has 28 heavy (non-hydrogen) atoms. The normalized spacial score (nSPS) is 11.2. The minimum Gasteiger partial charge on any atom is -0.352 e. The number of nitrogens with one attached hydrogen (secondary N) is 2. The number of halogens is 2. The van der Waals surface area contributed by atoms with Gasteiger partial charge in [-0.25, -0.2) is 9.87 Å². The van der Waals surface area contributed by atoms with Crippen LogP contribution in [0.3, 0.4) is 0 Å². The highest BCUT2D eigenvalue weighted by molar-refractivity contribution is 6.33. The Kier molecular flexibility index (Phi) is 8.65. The second-order valence-corrected chi connectivity index (χ2v) is 6.60. The van der Waals surface area contributed by atoms with E-state index < -0.39 is 11.7 Å². The zero-order valence-electron chi connectivity index (χ0n) is 15.3. The van der Waals surface area contributed by atoms with Crippen LogP contribution in [0.15, 0.2) is 48.5 Å². The van der Waals surface area contributed by atoms with E-state index in [0.717, 1.165) is 12.0 Å².